The molecule has 1 atom stereocenters. The van der Waals surface area contributed by atoms with Crippen molar-refractivity contribution in [1.29, 1.82) is 0 Å². The molecule has 1 aromatic carbocycles. The van der Waals surface area contributed by atoms with Crippen LogP contribution in [0.2, 0.25) is 0 Å². The van der Waals surface area contributed by atoms with Gasteiger partial charge in [-0.25, -0.2) is 0 Å². The Morgan fingerprint density at radius 2 is 2.00 bits per heavy atom. The van der Waals surface area contributed by atoms with Gasteiger partial charge in [-0.3, -0.25) is 0 Å². The maximum atomic E-state index is 12.7. The van der Waals surface area contributed by atoms with Gasteiger partial charge in [0.2, 0.25) is 0 Å². The average molecular weight is 287 g/mol. The Morgan fingerprint density at radius 3 is 2.55 bits per heavy atom. The van der Waals surface area contributed by atoms with Crippen LogP contribution in [0.5, 0.6) is 0 Å². The van der Waals surface area contributed by atoms with Gasteiger partial charge in [0, 0.05) is 37.9 Å². The molecule has 0 aromatic heterocycles. The van der Waals surface area contributed by atoms with Gasteiger partial charge in [0.1, 0.15) is 0 Å². The summed E-state index contributed by atoms with van der Waals surface area (Å²) in [4.78, 5) is 4.36. The number of anilines is 1. The average Bonchev–Trinajstić information content (AvgIpc) is 2.40. The third-order valence-corrected chi connectivity index (χ3v) is 3.93. The summed E-state index contributed by atoms with van der Waals surface area (Å²) >= 11 is 0. The van der Waals surface area contributed by atoms with Crippen LogP contribution >= 0.6 is 0 Å². The van der Waals surface area contributed by atoms with Gasteiger partial charge in [0.15, 0.2) is 0 Å². The van der Waals surface area contributed by atoms with Gasteiger partial charge >= 0.3 is 6.18 Å². The largest absolute Gasteiger partial charge is 0.416 e. The Morgan fingerprint density at radius 1 is 1.30 bits per heavy atom. The molecule has 0 amide bonds. The Bertz CT molecular complexity index is 473. The number of benzene rings is 1. The van der Waals surface area contributed by atoms with Gasteiger partial charge in [-0.05, 0) is 37.7 Å². The lowest BCUT2D eigenvalue weighted by molar-refractivity contribution is -0.137. The predicted molar refractivity (Wildman–Crippen MR) is 73.6 cm³/mol. The lowest BCUT2D eigenvalue weighted by Gasteiger charge is -2.39. The molecule has 0 aliphatic carbocycles. The van der Waals surface area contributed by atoms with Crippen LogP contribution in [0.3, 0.4) is 0 Å². The van der Waals surface area contributed by atoms with Crippen LogP contribution in [-0.4, -0.2) is 37.6 Å². The first-order valence-corrected chi connectivity index (χ1v) is 6.68. The molecule has 1 aliphatic heterocycles. The summed E-state index contributed by atoms with van der Waals surface area (Å²) in [6.07, 6.45) is -4.32. The Hall–Kier alpha value is -1.27. The van der Waals surface area contributed by atoms with E-state index >= 15 is 0 Å². The molecule has 112 valence electrons. The summed E-state index contributed by atoms with van der Waals surface area (Å²) in [5.41, 5.74) is 6.36. The van der Waals surface area contributed by atoms with Crippen molar-refractivity contribution in [2.24, 2.45) is 5.73 Å². The maximum absolute atomic E-state index is 12.7. The van der Waals surface area contributed by atoms with Gasteiger partial charge < -0.3 is 15.5 Å². The van der Waals surface area contributed by atoms with Gasteiger partial charge in [0.05, 0.1) is 5.56 Å². The summed E-state index contributed by atoms with van der Waals surface area (Å²) in [6, 6.07) is 4.22. The number of hydrogen-bond acceptors (Lipinski definition) is 3. The van der Waals surface area contributed by atoms with Crippen LogP contribution in [0.4, 0.5) is 18.9 Å². The summed E-state index contributed by atoms with van der Waals surface area (Å²) < 4.78 is 38.2. The highest BCUT2D eigenvalue weighted by Gasteiger charge is 2.31. The molecule has 1 fully saturated rings. The molecule has 2 N–H and O–H groups in total. The molecule has 0 spiro atoms. The Balaban J connectivity index is 2.28. The normalized spacial score (nSPS) is 21.3. The SMILES string of the molecule is CC1CN(c2ccc(C(F)(F)F)cc2CN)CCN1C. The third kappa shape index (κ3) is 3.07. The monoisotopic (exact) mass is 287 g/mol. The van der Waals surface area contributed by atoms with Crippen LogP contribution in [0.1, 0.15) is 18.1 Å². The lowest BCUT2D eigenvalue weighted by Crippen LogP contribution is -2.50. The molecule has 0 radical (unpaired) electrons. The zero-order valence-electron chi connectivity index (χ0n) is 11.7. The summed E-state index contributed by atoms with van der Waals surface area (Å²) in [6.45, 7) is 4.72. The van der Waals surface area contributed by atoms with E-state index in [4.69, 9.17) is 5.73 Å². The summed E-state index contributed by atoms with van der Waals surface area (Å²) in [5, 5.41) is 0. The first-order valence-electron chi connectivity index (χ1n) is 6.68. The van der Waals surface area contributed by atoms with E-state index < -0.39 is 11.7 Å². The van der Waals surface area contributed by atoms with E-state index in [0.717, 1.165) is 37.5 Å². The molecular weight excluding hydrogens is 267 g/mol. The number of nitrogens with two attached hydrogens (primary N) is 1. The van der Waals surface area contributed by atoms with Gasteiger partial charge in [-0.15, -0.1) is 0 Å². The highest BCUT2D eigenvalue weighted by molar-refractivity contribution is 5.56. The molecule has 0 bridgehead atoms. The van der Waals surface area contributed by atoms with E-state index in [1.807, 2.05) is 0 Å². The second-order valence-corrected chi connectivity index (χ2v) is 5.32. The van der Waals surface area contributed by atoms with Crippen molar-refractivity contribution >= 4 is 5.69 Å². The molecule has 3 nitrogen and oxygen atoms in total. The molecular formula is C14H20F3N3. The van der Waals surface area contributed by atoms with Crippen molar-refractivity contribution < 1.29 is 13.2 Å². The van der Waals surface area contributed by atoms with Crippen LogP contribution in [-0.2, 0) is 12.7 Å². The van der Waals surface area contributed by atoms with E-state index in [1.54, 1.807) is 6.07 Å². The third-order valence-electron chi connectivity index (χ3n) is 3.93. The van der Waals surface area contributed by atoms with E-state index in [0.29, 0.717) is 11.6 Å². The van der Waals surface area contributed by atoms with E-state index in [2.05, 4.69) is 23.8 Å². The molecule has 1 heterocycles. The van der Waals surface area contributed by atoms with Gasteiger partial charge in [-0.1, -0.05) is 0 Å². The number of likely N-dealkylation sites (N-methyl/N-ethyl adjacent to an activating group) is 1. The topological polar surface area (TPSA) is 32.5 Å². The number of piperazine rings is 1. The highest BCUT2D eigenvalue weighted by atomic mass is 19.4. The molecule has 0 saturated carbocycles. The second kappa shape index (κ2) is 5.61. The zero-order valence-corrected chi connectivity index (χ0v) is 11.7. The molecule has 1 unspecified atom stereocenters. The predicted octanol–water partition coefficient (Wildman–Crippen LogP) is 2.30. The molecule has 20 heavy (non-hydrogen) atoms. The zero-order chi connectivity index (χ0) is 14.9. The van der Waals surface area contributed by atoms with Crippen molar-refractivity contribution in [3.8, 4) is 0 Å². The fourth-order valence-electron chi connectivity index (χ4n) is 2.50. The molecule has 1 saturated heterocycles. The van der Waals surface area contributed by atoms with Crippen molar-refractivity contribution in [1.82, 2.24) is 4.90 Å². The Kier molecular flexibility index (Phi) is 4.25. The number of nitrogens with zero attached hydrogens (tertiary/aromatic N) is 2. The van der Waals surface area contributed by atoms with Crippen LogP contribution in [0.15, 0.2) is 18.2 Å². The van der Waals surface area contributed by atoms with Gasteiger partial charge in [-0.2, -0.15) is 13.2 Å². The molecule has 1 aliphatic rings. The van der Waals surface area contributed by atoms with Crippen molar-refractivity contribution in [3.05, 3.63) is 29.3 Å². The number of hydrogen-bond donors (Lipinski definition) is 1. The Labute approximate surface area is 117 Å². The van der Waals surface area contributed by atoms with Crippen molar-refractivity contribution in [2.75, 3.05) is 31.6 Å². The minimum atomic E-state index is -4.32. The van der Waals surface area contributed by atoms with E-state index in [1.165, 1.54) is 0 Å². The minimum absolute atomic E-state index is 0.111. The smallest absolute Gasteiger partial charge is 0.368 e. The van der Waals surface area contributed by atoms with Crippen LogP contribution in [0, 0.1) is 0 Å². The first-order chi connectivity index (χ1) is 9.32. The minimum Gasteiger partial charge on any atom is -0.368 e. The maximum Gasteiger partial charge on any atom is 0.416 e. The molecule has 2 rings (SSSR count). The second-order valence-electron chi connectivity index (χ2n) is 5.32. The standard InChI is InChI=1S/C14H20F3N3/c1-10-9-20(6-5-19(10)2)13-4-3-12(14(15,16)17)7-11(13)8-18/h3-4,7,10H,5-6,8-9,18H2,1-2H3. The number of rotatable bonds is 2. The van der Waals surface area contributed by atoms with E-state index in [9.17, 15) is 13.2 Å². The van der Waals surface area contributed by atoms with Gasteiger partial charge in [0.25, 0.3) is 0 Å². The lowest BCUT2D eigenvalue weighted by atomic mass is 10.1. The number of halogens is 3. The molecule has 6 heteroatoms. The fourth-order valence-corrected chi connectivity index (χ4v) is 2.50. The van der Waals surface area contributed by atoms with Crippen molar-refractivity contribution in [3.63, 3.8) is 0 Å². The molecule has 1 aromatic rings. The quantitative estimate of drug-likeness (QED) is 0.906. The summed E-state index contributed by atoms with van der Waals surface area (Å²) in [7, 11) is 2.05. The summed E-state index contributed by atoms with van der Waals surface area (Å²) in [5.74, 6) is 0. The van der Waals surface area contributed by atoms with Crippen molar-refractivity contribution in [2.45, 2.75) is 25.7 Å². The fraction of sp³-hybridized carbons (Fsp3) is 0.571. The van der Waals surface area contributed by atoms with E-state index in [-0.39, 0.29) is 6.54 Å². The van der Waals surface area contributed by atoms with Crippen LogP contribution in [0.25, 0.3) is 0 Å². The van der Waals surface area contributed by atoms with Crippen LogP contribution < -0.4 is 10.6 Å². The highest BCUT2D eigenvalue weighted by Crippen LogP contribution is 2.33. The number of alkyl halides is 3. The first kappa shape index (κ1) is 15.1.